The number of pyridine rings is 1. The van der Waals surface area contributed by atoms with Crippen LogP contribution in [0.4, 0.5) is 4.39 Å². The van der Waals surface area contributed by atoms with Gasteiger partial charge in [-0.3, -0.25) is 9.69 Å². The number of likely N-dealkylation sites (tertiary alicyclic amines) is 1. The van der Waals surface area contributed by atoms with Crippen LogP contribution >= 0.6 is 0 Å². The molecule has 0 saturated carbocycles. The van der Waals surface area contributed by atoms with Crippen LogP contribution in [0.5, 0.6) is 5.75 Å². The lowest BCUT2D eigenvalue weighted by Crippen LogP contribution is -2.39. The van der Waals surface area contributed by atoms with Crippen molar-refractivity contribution < 1.29 is 9.50 Å². The fourth-order valence-electron chi connectivity index (χ4n) is 3.83. The average molecular weight is 344 g/mol. The van der Waals surface area contributed by atoms with Crippen molar-refractivity contribution >= 4 is 0 Å². The van der Waals surface area contributed by atoms with Gasteiger partial charge < -0.3 is 9.67 Å². The zero-order valence-electron chi connectivity index (χ0n) is 14.8. The monoisotopic (exact) mass is 344 g/mol. The second-order valence-corrected chi connectivity index (χ2v) is 6.65. The third-order valence-corrected chi connectivity index (χ3v) is 5.07. The highest BCUT2D eigenvalue weighted by molar-refractivity contribution is 5.41. The van der Waals surface area contributed by atoms with Crippen molar-refractivity contribution in [2.75, 3.05) is 13.1 Å². The molecule has 2 aromatic rings. The third kappa shape index (κ3) is 3.33. The second kappa shape index (κ2) is 7.40. The highest BCUT2D eigenvalue weighted by Gasteiger charge is 2.31. The van der Waals surface area contributed by atoms with Crippen LogP contribution in [-0.2, 0) is 6.54 Å². The number of nitrogens with zero attached hydrogens (tertiary/aromatic N) is 2. The molecule has 0 aliphatic carbocycles. The number of hydrogen-bond donors (Lipinski definition) is 1. The van der Waals surface area contributed by atoms with E-state index in [1.54, 1.807) is 35.8 Å². The van der Waals surface area contributed by atoms with Crippen molar-refractivity contribution in [2.24, 2.45) is 0 Å². The fourth-order valence-corrected chi connectivity index (χ4v) is 3.83. The van der Waals surface area contributed by atoms with Crippen molar-refractivity contribution in [1.29, 1.82) is 0 Å². The maximum atomic E-state index is 14.6. The number of rotatable bonds is 4. The number of benzene rings is 1. The lowest BCUT2D eigenvalue weighted by molar-refractivity contribution is 0.180. The summed E-state index contributed by atoms with van der Waals surface area (Å²) in [7, 11) is 0. The van der Waals surface area contributed by atoms with E-state index in [1.807, 2.05) is 6.92 Å². The molecule has 0 bridgehead atoms. The summed E-state index contributed by atoms with van der Waals surface area (Å²) in [5.74, 6) is -0.397. The van der Waals surface area contributed by atoms with E-state index >= 15 is 0 Å². The van der Waals surface area contributed by atoms with Crippen LogP contribution in [0, 0.1) is 12.7 Å². The maximum Gasteiger partial charge on any atom is 0.259 e. The molecule has 0 spiro atoms. The Morgan fingerprint density at radius 2 is 1.88 bits per heavy atom. The van der Waals surface area contributed by atoms with E-state index in [1.165, 1.54) is 6.07 Å². The lowest BCUT2D eigenvalue weighted by atomic mass is 9.94. The summed E-state index contributed by atoms with van der Waals surface area (Å²) in [4.78, 5) is 15.2. The smallest absolute Gasteiger partial charge is 0.259 e. The molecule has 1 aliphatic rings. The first-order chi connectivity index (χ1) is 12.0. The molecule has 0 amide bonds. The van der Waals surface area contributed by atoms with Gasteiger partial charge >= 0.3 is 0 Å². The first-order valence-corrected chi connectivity index (χ1v) is 8.96. The van der Waals surface area contributed by atoms with Crippen molar-refractivity contribution in [1.82, 2.24) is 9.47 Å². The van der Waals surface area contributed by atoms with Crippen LogP contribution in [0.15, 0.2) is 35.1 Å². The van der Waals surface area contributed by atoms with E-state index in [2.05, 4.69) is 4.90 Å². The standard InChI is InChI=1S/C20H25FN2O2/c1-3-23-14(2)13-17(24)18(20(23)25)19(22-11-7-4-8-12-22)15-9-5-6-10-16(15)21/h5-6,9-10,13,19,24H,3-4,7-8,11-12H2,1-2H3/t19-/m0/s1. The third-order valence-electron chi connectivity index (χ3n) is 5.07. The first-order valence-electron chi connectivity index (χ1n) is 8.96. The Hall–Kier alpha value is -2.14. The number of aromatic nitrogens is 1. The minimum Gasteiger partial charge on any atom is -0.507 e. The van der Waals surface area contributed by atoms with Gasteiger partial charge in [-0.1, -0.05) is 24.6 Å². The van der Waals surface area contributed by atoms with E-state index < -0.39 is 6.04 Å². The molecule has 1 aromatic carbocycles. The number of hydrogen-bond acceptors (Lipinski definition) is 3. The summed E-state index contributed by atoms with van der Waals surface area (Å²) in [6.45, 7) is 5.79. The minimum atomic E-state index is -0.563. The molecule has 1 atom stereocenters. The highest BCUT2D eigenvalue weighted by atomic mass is 19.1. The minimum absolute atomic E-state index is 0.0500. The van der Waals surface area contributed by atoms with Gasteiger partial charge in [0.1, 0.15) is 11.6 Å². The van der Waals surface area contributed by atoms with Gasteiger partial charge in [0, 0.05) is 17.8 Å². The topological polar surface area (TPSA) is 45.5 Å². The Balaban J connectivity index is 2.22. The van der Waals surface area contributed by atoms with Crippen LogP contribution in [-0.4, -0.2) is 27.7 Å². The van der Waals surface area contributed by atoms with Gasteiger partial charge in [0.25, 0.3) is 5.56 Å². The predicted molar refractivity (Wildman–Crippen MR) is 96.4 cm³/mol. The summed E-state index contributed by atoms with van der Waals surface area (Å²) in [6, 6.07) is 7.59. The lowest BCUT2D eigenvalue weighted by Gasteiger charge is -2.35. The molecule has 2 heterocycles. The van der Waals surface area contributed by atoms with Crippen molar-refractivity contribution in [2.45, 2.75) is 45.7 Å². The summed E-state index contributed by atoms with van der Waals surface area (Å²) in [5, 5.41) is 10.6. The number of aryl methyl sites for hydroxylation is 1. The van der Waals surface area contributed by atoms with Crippen LogP contribution < -0.4 is 5.56 Å². The van der Waals surface area contributed by atoms with Gasteiger partial charge in [-0.15, -0.1) is 0 Å². The molecule has 1 aliphatic heterocycles. The normalized spacial score (nSPS) is 16.8. The molecule has 1 N–H and O–H groups in total. The Morgan fingerprint density at radius 3 is 2.52 bits per heavy atom. The van der Waals surface area contributed by atoms with Gasteiger partial charge in [-0.25, -0.2) is 4.39 Å². The summed E-state index contributed by atoms with van der Waals surface area (Å²) in [5.41, 5.74) is 1.20. The van der Waals surface area contributed by atoms with Crippen LogP contribution in [0.3, 0.4) is 0 Å². The summed E-state index contributed by atoms with van der Waals surface area (Å²) in [6.07, 6.45) is 3.17. The van der Waals surface area contributed by atoms with Crippen molar-refractivity contribution in [3.63, 3.8) is 0 Å². The number of piperidine rings is 1. The molecule has 0 unspecified atom stereocenters. The van der Waals surface area contributed by atoms with E-state index in [9.17, 15) is 14.3 Å². The van der Waals surface area contributed by atoms with Gasteiger partial charge in [0.15, 0.2) is 0 Å². The average Bonchev–Trinajstić information content (AvgIpc) is 2.60. The SMILES string of the molecule is CCn1c(C)cc(O)c([C@H](c2ccccc2F)N2CCCCC2)c1=O. The van der Waals surface area contributed by atoms with Gasteiger partial charge in [0.2, 0.25) is 0 Å². The molecule has 4 nitrogen and oxygen atoms in total. The van der Waals surface area contributed by atoms with Gasteiger partial charge in [-0.05, 0) is 51.9 Å². The Bertz CT molecular complexity index is 810. The van der Waals surface area contributed by atoms with Crippen molar-refractivity contribution in [3.05, 3.63) is 63.3 Å². The molecular weight excluding hydrogens is 319 g/mol. The summed E-state index contributed by atoms with van der Waals surface area (Å²) < 4.78 is 16.2. The molecular formula is C20H25FN2O2. The zero-order valence-corrected chi connectivity index (χ0v) is 14.8. The molecule has 0 radical (unpaired) electrons. The summed E-state index contributed by atoms with van der Waals surface area (Å²) >= 11 is 0. The van der Waals surface area contributed by atoms with Crippen LogP contribution in [0.1, 0.15) is 49.0 Å². The van der Waals surface area contributed by atoms with E-state index in [0.717, 1.165) is 32.4 Å². The first kappa shape index (κ1) is 17.7. The van der Waals surface area contributed by atoms with Crippen LogP contribution in [0.2, 0.25) is 0 Å². The van der Waals surface area contributed by atoms with Crippen molar-refractivity contribution in [3.8, 4) is 5.75 Å². The molecule has 134 valence electrons. The Kier molecular flexibility index (Phi) is 5.23. The molecule has 5 heteroatoms. The number of halogens is 1. The molecule has 3 rings (SSSR count). The quantitative estimate of drug-likeness (QED) is 0.922. The van der Waals surface area contributed by atoms with E-state index in [4.69, 9.17) is 0 Å². The molecule has 1 fully saturated rings. The Morgan fingerprint density at radius 1 is 1.20 bits per heavy atom. The Labute approximate surface area is 147 Å². The highest BCUT2D eigenvalue weighted by Crippen LogP contribution is 2.35. The largest absolute Gasteiger partial charge is 0.507 e. The zero-order chi connectivity index (χ0) is 18.0. The second-order valence-electron chi connectivity index (χ2n) is 6.65. The number of aromatic hydroxyl groups is 1. The van der Waals surface area contributed by atoms with E-state index in [-0.39, 0.29) is 22.7 Å². The molecule has 1 saturated heterocycles. The maximum absolute atomic E-state index is 14.6. The molecule has 1 aromatic heterocycles. The van der Waals surface area contributed by atoms with Crippen LogP contribution in [0.25, 0.3) is 0 Å². The molecule has 25 heavy (non-hydrogen) atoms. The predicted octanol–water partition coefficient (Wildman–Crippen LogP) is 3.60. The van der Waals surface area contributed by atoms with E-state index in [0.29, 0.717) is 17.8 Å². The van der Waals surface area contributed by atoms with Gasteiger partial charge in [0.05, 0.1) is 11.6 Å². The fraction of sp³-hybridized carbons (Fsp3) is 0.450. The van der Waals surface area contributed by atoms with Gasteiger partial charge in [-0.2, -0.15) is 0 Å².